The Morgan fingerprint density at radius 2 is 1.89 bits per heavy atom. The molecule has 0 spiro atoms. The number of nitrogens with one attached hydrogen (secondary N) is 1. The van der Waals surface area contributed by atoms with E-state index in [0.717, 1.165) is 23.2 Å². The van der Waals surface area contributed by atoms with Gasteiger partial charge < -0.3 is 4.74 Å². The van der Waals surface area contributed by atoms with E-state index < -0.39 is 23.6 Å². The van der Waals surface area contributed by atoms with Crippen LogP contribution in [0.1, 0.15) is 11.1 Å². The van der Waals surface area contributed by atoms with E-state index in [2.05, 4.69) is 21.4 Å². The van der Waals surface area contributed by atoms with Crippen molar-refractivity contribution in [2.24, 2.45) is 0 Å². The normalized spacial score (nSPS) is 16.0. The van der Waals surface area contributed by atoms with E-state index in [9.17, 15) is 22.8 Å². The van der Waals surface area contributed by atoms with E-state index in [1.54, 1.807) is 18.2 Å². The number of carbonyl (C=O) groups is 2. The molecule has 0 aromatic heterocycles. The van der Waals surface area contributed by atoms with Crippen LogP contribution in [0.15, 0.2) is 52.5 Å². The van der Waals surface area contributed by atoms with E-state index in [1.807, 2.05) is 0 Å². The number of hydrogen-bond acceptors (Lipinski definition) is 3. The number of hydrazine groups is 1. The van der Waals surface area contributed by atoms with Crippen molar-refractivity contribution in [1.29, 1.82) is 0 Å². The van der Waals surface area contributed by atoms with Crippen molar-refractivity contribution in [3.05, 3.63) is 63.6 Å². The molecule has 2 amide bonds. The van der Waals surface area contributed by atoms with Gasteiger partial charge in [-0.1, -0.05) is 22.0 Å². The summed E-state index contributed by atoms with van der Waals surface area (Å²) in [5.74, 6) is -1.05. The number of halogens is 4. The van der Waals surface area contributed by atoms with Gasteiger partial charge in [-0.2, -0.15) is 13.2 Å². The fourth-order valence-corrected chi connectivity index (χ4v) is 2.91. The van der Waals surface area contributed by atoms with E-state index in [-0.39, 0.29) is 11.3 Å². The molecule has 2 aromatic rings. The Bertz CT molecular complexity index is 957. The zero-order valence-corrected chi connectivity index (χ0v) is 15.4. The minimum Gasteiger partial charge on any atom is -0.496 e. The number of methoxy groups -OCH3 is 1. The van der Waals surface area contributed by atoms with Gasteiger partial charge in [-0.15, -0.1) is 0 Å². The number of amides is 2. The molecule has 1 aliphatic rings. The Kier molecular flexibility index (Phi) is 4.97. The predicted molar refractivity (Wildman–Crippen MR) is 95.7 cm³/mol. The summed E-state index contributed by atoms with van der Waals surface area (Å²) in [5.41, 5.74) is 1.51. The average molecular weight is 441 g/mol. The minimum absolute atomic E-state index is 0.0900. The van der Waals surface area contributed by atoms with Crippen molar-refractivity contribution < 1.29 is 27.5 Å². The van der Waals surface area contributed by atoms with Gasteiger partial charge in [0.25, 0.3) is 11.8 Å². The summed E-state index contributed by atoms with van der Waals surface area (Å²) < 4.78 is 44.6. The highest BCUT2D eigenvalue weighted by Gasteiger charge is 2.36. The van der Waals surface area contributed by atoms with Crippen molar-refractivity contribution in [1.82, 2.24) is 5.43 Å². The number of nitrogens with zero attached hydrogens (tertiary/aromatic N) is 1. The molecule has 1 N–H and O–H groups in total. The highest BCUT2D eigenvalue weighted by atomic mass is 79.9. The van der Waals surface area contributed by atoms with Gasteiger partial charge in [0.15, 0.2) is 0 Å². The molecule has 0 saturated carbocycles. The number of benzene rings is 2. The van der Waals surface area contributed by atoms with E-state index in [4.69, 9.17) is 4.74 Å². The van der Waals surface area contributed by atoms with Crippen LogP contribution in [-0.2, 0) is 15.8 Å². The molecule has 1 fully saturated rings. The molecule has 0 radical (unpaired) electrons. The quantitative estimate of drug-likeness (QED) is 0.580. The molecule has 2 aromatic carbocycles. The number of rotatable bonds is 3. The molecule has 0 aliphatic carbocycles. The first-order valence-electron chi connectivity index (χ1n) is 7.58. The first-order valence-corrected chi connectivity index (χ1v) is 8.38. The zero-order valence-electron chi connectivity index (χ0n) is 13.8. The minimum atomic E-state index is -4.56. The van der Waals surface area contributed by atoms with Gasteiger partial charge in [0, 0.05) is 10.0 Å². The van der Waals surface area contributed by atoms with Crippen molar-refractivity contribution in [2.45, 2.75) is 6.18 Å². The standard InChI is InChI=1S/C18H12BrF3N2O3/c1-27-15-6-5-12(19)7-10(15)8-14-16(25)23-24(17(14)26)13-4-2-3-11(9-13)18(20,21)22/h2-9H,1H3,(H,23,25)/b14-8-. The second kappa shape index (κ2) is 7.07. The van der Waals surface area contributed by atoms with E-state index in [1.165, 1.54) is 19.3 Å². The van der Waals surface area contributed by atoms with Gasteiger partial charge in [-0.05, 0) is 42.5 Å². The molecule has 0 atom stereocenters. The molecular weight excluding hydrogens is 429 g/mol. The smallest absolute Gasteiger partial charge is 0.416 e. The highest BCUT2D eigenvalue weighted by molar-refractivity contribution is 9.10. The number of carbonyl (C=O) groups excluding carboxylic acids is 2. The largest absolute Gasteiger partial charge is 0.496 e. The van der Waals surface area contributed by atoms with Crippen molar-refractivity contribution >= 4 is 39.5 Å². The zero-order chi connectivity index (χ0) is 19.8. The third-order valence-electron chi connectivity index (χ3n) is 3.81. The average Bonchev–Trinajstić information content (AvgIpc) is 2.89. The van der Waals surface area contributed by atoms with Crippen LogP contribution in [0, 0.1) is 0 Å². The maximum atomic E-state index is 12.9. The van der Waals surface area contributed by atoms with Crippen LogP contribution < -0.4 is 15.2 Å². The predicted octanol–water partition coefficient (Wildman–Crippen LogP) is 3.94. The molecular formula is C18H12BrF3N2O3. The van der Waals surface area contributed by atoms with Crippen LogP contribution in [0.4, 0.5) is 18.9 Å². The molecule has 1 heterocycles. The molecule has 1 aliphatic heterocycles. The van der Waals surface area contributed by atoms with Gasteiger partial charge in [0.05, 0.1) is 18.4 Å². The molecule has 5 nitrogen and oxygen atoms in total. The fraction of sp³-hybridized carbons (Fsp3) is 0.111. The van der Waals surface area contributed by atoms with Crippen LogP contribution in [0.3, 0.4) is 0 Å². The van der Waals surface area contributed by atoms with Crippen LogP contribution in [0.25, 0.3) is 6.08 Å². The van der Waals surface area contributed by atoms with Gasteiger partial charge >= 0.3 is 6.18 Å². The van der Waals surface area contributed by atoms with Crippen molar-refractivity contribution in [3.8, 4) is 5.75 Å². The van der Waals surface area contributed by atoms with Crippen LogP contribution in [-0.4, -0.2) is 18.9 Å². The molecule has 1 saturated heterocycles. The lowest BCUT2D eigenvalue weighted by atomic mass is 10.1. The molecule has 9 heteroatoms. The lowest BCUT2D eigenvalue weighted by Crippen LogP contribution is -2.35. The molecule has 140 valence electrons. The monoisotopic (exact) mass is 440 g/mol. The lowest BCUT2D eigenvalue weighted by Gasteiger charge is -2.16. The molecule has 0 bridgehead atoms. The number of alkyl halides is 3. The van der Waals surface area contributed by atoms with Gasteiger partial charge in [0.1, 0.15) is 11.3 Å². The van der Waals surface area contributed by atoms with Gasteiger partial charge in [-0.3, -0.25) is 15.0 Å². The Morgan fingerprint density at radius 1 is 1.15 bits per heavy atom. The second-order valence-electron chi connectivity index (χ2n) is 5.57. The number of hydrogen-bond donors (Lipinski definition) is 1. The summed E-state index contributed by atoms with van der Waals surface area (Å²) in [6.07, 6.45) is -3.24. The maximum Gasteiger partial charge on any atom is 0.416 e. The van der Waals surface area contributed by atoms with Gasteiger partial charge in [-0.25, -0.2) is 5.01 Å². The van der Waals surface area contributed by atoms with Crippen LogP contribution in [0.5, 0.6) is 5.75 Å². The van der Waals surface area contributed by atoms with Crippen LogP contribution in [0.2, 0.25) is 0 Å². The Morgan fingerprint density at radius 3 is 2.56 bits per heavy atom. The third-order valence-corrected chi connectivity index (χ3v) is 4.31. The van der Waals surface area contributed by atoms with Gasteiger partial charge in [0.2, 0.25) is 0 Å². The maximum absolute atomic E-state index is 12.9. The summed E-state index contributed by atoms with van der Waals surface area (Å²) in [6.45, 7) is 0. The molecule has 0 unspecified atom stereocenters. The Hall–Kier alpha value is -2.81. The summed E-state index contributed by atoms with van der Waals surface area (Å²) in [6, 6.07) is 9.17. The lowest BCUT2D eigenvalue weighted by molar-refractivity contribution is -0.137. The SMILES string of the molecule is COc1ccc(Br)cc1/C=C1/C(=O)NN(c2cccc(C(F)(F)F)c2)C1=O. The first kappa shape index (κ1) is 19.0. The van der Waals surface area contributed by atoms with E-state index >= 15 is 0 Å². The summed E-state index contributed by atoms with van der Waals surface area (Å²) in [4.78, 5) is 24.8. The summed E-state index contributed by atoms with van der Waals surface area (Å²) >= 11 is 3.29. The summed E-state index contributed by atoms with van der Waals surface area (Å²) in [7, 11) is 1.44. The molecule has 3 rings (SSSR count). The van der Waals surface area contributed by atoms with E-state index in [0.29, 0.717) is 15.8 Å². The Balaban J connectivity index is 1.98. The third kappa shape index (κ3) is 3.82. The topological polar surface area (TPSA) is 58.6 Å². The van der Waals surface area contributed by atoms with Crippen LogP contribution >= 0.6 is 15.9 Å². The van der Waals surface area contributed by atoms with Crippen molar-refractivity contribution in [2.75, 3.05) is 12.1 Å². The highest BCUT2D eigenvalue weighted by Crippen LogP contribution is 2.33. The number of anilines is 1. The molecule has 27 heavy (non-hydrogen) atoms. The summed E-state index contributed by atoms with van der Waals surface area (Å²) in [5, 5.41) is 0.786. The Labute approximate surface area is 160 Å². The fourth-order valence-electron chi connectivity index (χ4n) is 2.53. The number of ether oxygens (including phenoxy) is 1. The van der Waals surface area contributed by atoms with Crippen molar-refractivity contribution in [3.63, 3.8) is 0 Å². The first-order chi connectivity index (χ1) is 12.7. The second-order valence-corrected chi connectivity index (χ2v) is 6.49.